The largest absolute Gasteiger partial charge is 0.351 e. The first-order valence-electron chi connectivity index (χ1n) is 4.50. The Balaban J connectivity index is 2.80. The average Bonchev–Trinajstić information content (AvgIpc) is 2.49. The number of ketones is 2. The van der Waals surface area contributed by atoms with Gasteiger partial charge in [-0.1, -0.05) is 15.9 Å². The Kier molecular flexibility index (Phi) is 3.80. The van der Waals surface area contributed by atoms with Crippen molar-refractivity contribution in [1.29, 1.82) is 0 Å². The summed E-state index contributed by atoms with van der Waals surface area (Å²) in [6.45, 7) is 3.94. The van der Waals surface area contributed by atoms with Gasteiger partial charge in [0.15, 0.2) is 12.1 Å². The molecule has 0 aliphatic carbocycles. The molecule has 0 bridgehead atoms. The van der Waals surface area contributed by atoms with Crippen molar-refractivity contribution >= 4 is 27.5 Å². The van der Waals surface area contributed by atoms with E-state index < -0.39 is 22.2 Å². The highest BCUT2D eigenvalue weighted by molar-refractivity contribution is 9.10. The first-order valence-corrected chi connectivity index (χ1v) is 5.29. The van der Waals surface area contributed by atoms with Crippen molar-refractivity contribution in [3.63, 3.8) is 0 Å². The number of alkyl halides is 1. The lowest BCUT2D eigenvalue weighted by Gasteiger charge is -2.24. The molecule has 0 amide bonds. The van der Waals surface area contributed by atoms with Gasteiger partial charge in [-0.05, 0) is 13.3 Å². The second-order valence-corrected chi connectivity index (χ2v) is 4.57. The predicted octanol–water partition coefficient (Wildman–Crippen LogP) is 1.06. The van der Waals surface area contributed by atoms with Crippen LogP contribution in [0.25, 0.3) is 0 Å². The molecule has 0 radical (unpaired) electrons. The van der Waals surface area contributed by atoms with E-state index >= 15 is 0 Å². The fraction of sp³-hybridized carbons (Fsp3) is 0.778. The summed E-state index contributed by atoms with van der Waals surface area (Å²) in [5.41, 5.74) is 0. The van der Waals surface area contributed by atoms with Crippen LogP contribution in [0, 0.1) is 0 Å². The van der Waals surface area contributed by atoms with Gasteiger partial charge < -0.3 is 9.47 Å². The Morgan fingerprint density at radius 3 is 2.79 bits per heavy atom. The molecule has 4 nitrogen and oxygen atoms in total. The van der Waals surface area contributed by atoms with Crippen molar-refractivity contribution < 1.29 is 19.1 Å². The number of Topliss-reactive ketones (excluding diaryl/α,β-unsaturated/α-hetero) is 2. The molecule has 2 atom stereocenters. The molecule has 2 unspecified atom stereocenters. The van der Waals surface area contributed by atoms with Gasteiger partial charge in [0, 0.05) is 13.5 Å². The third-order valence-corrected chi connectivity index (χ3v) is 3.25. The number of carbonyl (C=O) groups is 2. The molecule has 1 aliphatic rings. The molecule has 80 valence electrons. The molecule has 1 heterocycles. The van der Waals surface area contributed by atoms with Crippen molar-refractivity contribution in [2.45, 2.75) is 30.9 Å². The summed E-state index contributed by atoms with van der Waals surface area (Å²) < 4.78 is 9.51. The zero-order chi connectivity index (χ0) is 10.8. The molecule has 1 fully saturated rings. The molecule has 1 aliphatic heterocycles. The first-order chi connectivity index (χ1) is 6.52. The van der Waals surface area contributed by atoms with E-state index in [0.717, 1.165) is 0 Å². The van der Waals surface area contributed by atoms with Crippen molar-refractivity contribution in [3.8, 4) is 0 Å². The van der Waals surface area contributed by atoms with Gasteiger partial charge in [-0.3, -0.25) is 9.59 Å². The second kappa shape index (κ2) is 4.51. The quantitative estimate of drug-likeness (QED) is 0.563. The standard InChI is InChI=1S/C9H13BrO4/c1-3-13-8-9(10,4-5-14-8)7(12)6(2)11/h8H,3-5H2,1-2H3. The molecular weight excluding hydrogens is 252 g/mol. The molecule has 5 heteroatoms. The van der Waals surface area contributed by atoms with Crippen molar-refractivity contribution in [1.82, 2.24) is 0 Å². The van der Waals surface area contributed by atoms with Crippen LogP contribution < -0.4 is 0 Å². The topological polar surface area (TPSA) is 52.6 Å². The molecule has 1 saturated heterocycles. The fourth-order valence-electron chi connectivity index (χ4n) is 1.41. The van der Waals surface area contributed by atoms with Crippen molar-refractivity contribution in [3.05, 3.63) is 0 Å². The van der Waals surface area contributed by atoms with Crippen LogP contribution in [0.4, 0.5) is 0 Å². The summed E-state index contributed by atoms with van der Waals surface area (Å²) >= 11 is 3.26. The molecule has 0 spiro atoms. The van der Waals surface area contributed by atoms with Crippen LogP contribution in [-0.2, 0) is 19.1 Å². The number of halogens is 1. The van der Waals surface area contributed by atoms with E-state index in [4.69, 9.17) is 9.47 Å². The van der Waals surface area contributed by atoms with Crippen LogP contribution in [0.1, 0.15) is 20.3 Å². The summed E-state index contributed by atoms with van der Waals surface area (Å²) in [5.74, 6) is -0.953. The summed E-state index contributed by atoms with van der Waals surface area (Å²) in [4.78, 5) is 22.6. The number of hydrogen-bond acceptors (Lipinski definition) is 4. The maximum atomic E-state index is 11.6. The highest BCUT2D eigenvalue weighted by atomic mass is 79.9. The van der Waals surface area contributed by atoms with E-state index in [-0.39, 0.29) is 0 Å². The van der Waals surface area contributed by atoms with E-state index in [1.165, 1.54) is 6.92 Å². The second-order valence-electron chi connectivity index (χ2n) is 3.16. The minimum absolute atomic E-state index is 0.426. The lowest BCUT2D eigenvalue weighted by Crippen LogP contribution is -2.44. The zero-order valence-corrected chi connectivity index (χ0v) is 9.80. The van der Waals surface area contributed by atoms with Crippen LogP contribution in [-0.4, -0.2) is 35.4 Å². The third kappa shape index (κ3) is 2.04. The van der Waals surface area contributed by atoms with Crippen LogP contribution in [0.5, 0.6) is 0 Å². The highest BCUT2D eigenvalue weighted by Crippen LogP contribution is 2.36. The molecule has 0 aromatic rings. The van der Waals surface area contributed by atoms with Gasteiger partial charge in [0.25, 0.3) is 0 Å². The van der Waals surface area contributed by atoms with Crippen LogP contribution >= 0.6 is 15.9 Å². The Labute approximate surface area is 91.1 Å². The van der Waals surface area contributed by atoms with E-state index in [0.29, 0.717) is 19.6 Å². The molecule has 0 N–H and O–H groups in total. The van der Waals surface area contributed by atoms with Gasteiger partial charge in [-0.15, -0.1) is 0 Å². The molecule has 14 heavy (non-hydrogen) atoms. The smallest absolute Gasteiger partial charge is 0.219 e. The Morgan fingerprint density at radius 1 is 1.64 bits per heavy atom. The van der Waals surface area contributed by atoms with Gasteiger partial charge in [-0.2, -0.15) is 0 Å². The minimum atomic E-state index is -0.977. The van der Waals surface area contributed by atoms with E-state index in [1.54, 1.807) is 0 Å². The van der Waals surface area contributed by atoms with Crippen LogP contribution in [0.2, 0.25) is 0 Å². The fourth-order valence-corrected chi connectivity index (χ4v) is 2.11. The Hall–Kier alpha value is -0.260. The lowest BCUT2D eigenvalue weighted by atomic mass is 9.99. The highest BCUT2D eigenvalue weighted by Gasteiger charge is 2.50. The van der Waals surface area contributed by atoms with Gasteiger partial charge in [0.1, 0.15) is 4.32 Å². The minimum Gasteiger partial charge on any atom is -0.351 e. The van der Waals surface area contributed by atoms with Gasteiger partial charge in [0.2, 0.25) is 5.78 Å². The maximum absolute atomic E-state index is 11.6. The molecule has 1 rings (SSSR count). The maximum Gasteiger partial charge on any atom is 0.219 e. The normalized spacial score (nSPS) is 31.8. The monoisotopic (exact) mass is 264 g/mol. The van der Waals surface area contributed by atoms with Gasteiger partial charge in [-0.25, -0.2) is 0 Å². The van der Waals surface area contributed by atoms with Crippen molar-refractivity contribution in [2.24, 2.45) is 0 Å². The van der Waals surface area contributed by atoms with E-state index in [9.17, 15) is 9.59 Å². The van der Waals surface area contributed by atoms with Crippen LogP contribution in [0.3, 0.4) is 0 Å². The first kappa shape index (κ1) is 11.8. The number of ether oxygens (including phenoxy) is 2. The zero-order valence-electron chi connectivity index (χ0n) is 8.21. The Morgan fingerprint density at radius 2 is 2.29 bits per heavy atom. The lowest BCUT2D eigenvalue weighted by molar-refractivity contribution is -0.148. The molecule has 0 saturated carbocycles. The molecule has 0 aromatic carbocycles. The van der Waals surface area contributed by atoms with E-state index in [2.05, 4.69) is 15.9 Å². The number of rotatable bonds is 4. The number of carbonyl (C=O) groups excluding carboxylic acids is 2. The van der Waals surface area contributed by atoms with Gasteiger partial charge in [0.05, 0.1) is 6.61 Å². The summed E-state index contributed by atoms with van der Waals surface area (Å²) in [5, 5.41) is 0. The molecule has 0 aromatic heterocycles. The van der Waals surface area contributed by atoms with Crippen molar-refractivity contribution in [2.75, 3.05) is 13.2 Å². The summed E-state index contributed by atoms with van der Waals surface area (Å²) in [6.07, 6.45) is -0.181. The molecular formula is C9H13BrO4. The SMILES string of the molecule is CCOC1OCCC1(Br)C(=O)C(C)=O. The predicted molar refractivity (Wildman–Crippen MR) is 53.3 cm³/mol. The average molecular weight is 265 g/mol. The van der Waals surface area contributed by atoms with Gasteiger partial charge >= 0.3 is 0 Å². The summed E-state index contributed by atoms with van der Waals surface area (Å²) in [7, 11) is 0. The Bertz CT molecular complexity index is 253. The third-order valence-electron chi connectivity index (χ3n) is 2.12. The summed E-state index contributed by atoms with van der Waals surface area (Å²) in [6, 6.07) is 0. The number of hydrogen-bond donors (Lipinski definition) is 0. The van der Waals surface area contributed by atoms with E-state index in [1.807, 2.05) is 6.92 Å². The van der Waals surface area contributed by atoms with Crippen LogP contribution in [0.15, 0.2) is 0 Å².